The van der Waals surface area contributed by atoms with Crippen LogP contribution in [0.1, 0.15) is 47.5 Å². The van der Waals surface area contributed by atoms with E-state index in [1.165, 1.54) is 6.92 Å². The second-order valence-corrected chi connectivity index (χ2v) is 8.39. The normalized spacial score (nSPS) is 54.3. The molecule has 0 spiro atoms. The van der Waals surface area contributed by atoms with Crippen LogP contribution in [0, 0.1) is 34.5 Å². The fourth-order valence-corrected chi connectivity index (χ4v) is 6.14. The second-order valence-electron chi connectivity index (χ2n) is 8.39. The molecular formula is C17H28O4. The third kappa shape index (κ3) is 1.78. The molecule has 0 amide bonds. The van der Waals surface area contributed by atoms with Crippen LogP contribution in [0.4, 0.5) is 0 Å². The molecule has 120 valence electrons. The Balaban J connectivity index is 2.03. The molecule has 0 unspecified atom stereocenters. The highest BCUT2D eigenvalue weighted by Crippen LogP contribution is 2.73. The van der Waals surface area contributed by atoms with Crippen LogP contribution in [-0.4, -0.2) is 34.5 Å². The first-order valence-corrected chi connectivity index (χ1v) is 8.15. The summed E-state index contributed by atoms with van der Waals surface area (Å²) in [5, 5.41) is 21.4. The number of carbonyl (C=O) groups is 1. The smallest absolute Gasteiger partial charge is 0.302 e. The van der Waals surface area contributed by atoms with Crippen molar-refractivity contribution in [2.24, 2.45) is 34.5 Å². The molecule has 4 aliphatic carbocycles. The van der Waals surface area contributed by atoms with Gasteiger partial charge in [-0.2, -0.15) is 0 Å². The summed E-state index contributed by atoms with van der Waals surface area (Å²) in [7, 11) is 0. The van der Waals surface area contributed by atoms with E-state index in [0.29, 0.717) is 24.2 Å². The van der Waals surface area contributed by atoms with Gasteiger partial charge in [0.05, 0.1) is 12.2 Å². The summed E-state index contributed by atoms with van der Waals surface area (Å²) in [6, 6.07) is 0. The van der Waals surface area contributed by atoms with E-state index < -0.39 is 6.10 Å². The van der Waals surface area contributed by atoms with Gasteiger partial charge in [-0.1, -0.05) is 27.7 Å². The molecular weight excluding hydrogens is 268 g/mol. The first-order chi connectivity index (χ1) is 9.61. The van der Waals surface area contributed by atoms with Gasteiger partial charge in [0.15, 0.2) is 0 Å². The Labute approximate surface area is 126 Å². The van der Waals surface area contributed by atoms with Gasteiger partial charge in [-0.25, -0.2) is 0 Å². The van der Waals surface area contributed by atoms with Crippen LogP contribution in [0.25, 0.3) is 0 Å². The molecule has 8 atom stereocenters. The first-order valence-electron chi connectivity index (χ1n) is 8.15. The SMILES string of the molecule is CC(=O)O[C@@H]1C[C@@H](O)[C@]2(C)[C@@H]3[C@H]([C@H]2[C@H](O)C[C@@H]3C)C1(C)C. The minimum Gasteiger partial charge on any atom is -0.462 e. The fraction of sp³-hybridized carbons (Fsp3) is 0.941. The average Bonchev–Trinajstić information content (AvgIpc) is 2.41. The van der Waals surface area contributed by atoms with E-state index in [0.717, 1.165) is 6.42 Å². The largest absolute Gasteiger partial charge is 0.462 e. The summed E-state index contributed by atoms with van der Waals surface area (Å²) in [6.45, 7) is 10.00. The number of fused-ring (bicyclic) bond motifs is 3. The van der Waals surface area contributed by atoms with Crippen molar-refractivity contribution in [1.82, 2.24) is 0 Å². The summed E-state index contributed by atoms with van der Waals surface area (Å²) >= 11 is 0. The molecule has 0 saturated heterocycles. The highest BCUT2D eigenvalue weighted by molar-refractivity contribution is 5.66. The van der Waals surface area contributed by atoms with E-state index in [1.807, 2.05) is 0 Å². The second kappa shape index (κ2) is 4.45. The third-order valence-electron chi connectivity index (χ3n) is 7.00. The van der Waals surface area contributed by atoms with Gasteiger partial charge < -0.3 is 14.9 Å². The number of aliphatic hydroxyl groups excluding tert-OH is 2. The van der Waals surface area contributed by atoms with E-state index in [-0.39, 0.29) is 34.9 Å². The molecule has 4 saturated carbocycles. The molecule has 0 radical (unpaired) electrons. The molecule has 0 aromatic heterocycles. The summed E-state index contributed by atoms with van der Waals surface area (Å²) < 4.78 is 5.55. The van der Waals surface area contributed by atoms with Gasteiger partial charge in [0, 0.05) is 24.2 Å². The number of hydrogen-bond donors (Lipinski definition) is 2. The van der Waals surface area contributed by atoms with E-state index in [9.17, 15) is 15.0 Å². The van der Waals surface area contributed by atoms with Gasteiger partial charge in [0.25, 0.3) is 0 Å². The predicted molar refractivity (Wildman–Crippen MR) is 78.3 cm³/mol. The minimum atomic E-state index is -0.521. The van der Waals surface area contributed by atoms with Crippen molar-refractivity contribution in [3.05, 3.63) is 0 Å². The quantitative estimate of drug-likeness (QED) is 0.726. The Morgan fingerprint density at radius 3 is 2.24 bits per heavy atom. The zero-order valence-electron chi connectivity index (χ0n) is 13.7. The maximum absolute atomic E-state index is 11.4. The topological polar surface area (TPSA) is 66.8 Å². The molecule has 4 rings (SSSR count). The van der Waals surface area contributed by atoms with Gasteiger partial charge in [0.2, 0.25) is 0 Å². The molecule has 0 aliphatic heterocycles. The van der Waals surface area contributed by atoms with Crippen molar-refractivity contribution in [2.45, 2.75) is 65.8 Å². The summed E-state index contributed by atoms with van der Waals surface area (Å²) in [5.74, 6) is 0.928. The van der Waals surface area contributed by atoms with E-state index in [2.05, 4.69) is 27.7 Å². The van der Waals surface area contributed by atoms with Crippen molar-refractivity contribution in [2.75, 3.05) is 0 Å². The fourth-order valence-electron chi connectivity index (χ4n) is 6.14. The van der Waals surface area contributed by atoms with E-state index in [4.69, 9.17) is 4.74 Å². The maximum atomic E-state index is 11.4. The van der Waals surface area contributed by atoms with Gasteiger partial charge in [-0.15, -0.1) is 0 Å². The molecule has 0 aromatic rings. The van der Waals surface area contributed by atoms with Crippen LogP contribution < -0.4 is 0 Å². The van der Waals surface area contributed by atoms with Gasteiger partial charge in [-0.05, 0) is 30.1 Å². The molecule has 0 aromatic carbocycles. The van der Waals surface area contributed by atoms with Crippen LogP contribution in [-0.2, 0) is 9.53 Å². The van der Waals surface area contributed by atoms with Crippen LogP contribution in [0.2, 0.25) is 0 Å². The molecule has 4 bridgehead atoms. The number of aliphatic hydroxyl groups is 2. The highest BCUT2D eigenvalue weighted by atomic mass is 16.5. The summed E-state index contributed by atoms with van der Waals surface area (Å²) in [4.78, 5) is 11.4. The number of esters is 1. The summed E-state index contributed by atoms with van der Waals surface area (Å²) in [5.41, 5.74) is -0.457. The minimum absolute atomic E-state index is 0.115. The standard InChI is InChI=1S/C17H28O4/c1-8-6-10(19)14-15-13(8)17(14,5)11(20)7-12(16(15,3)4)21-9(2)18/h8,10-15,19-20H,6-7H2,1-5H3/t8-,10+,11+,12+,13-,14+,15+,17+/m0/s1. The lowest BCUT2D eigenvalue weighted by Gasteiger charge is -2.70. The third-order valence-corrected chi connectivity index (χ3v) is 7.00. The Bertz CT molecular complexity index is 442. The zero-order chi connectivity index (χ0) is 15.7. The van der Waals surface area contributed by atoms with Crippen molar-refractivity contribution in [3.63, 3.8) is 0 Å². The van der Waals surface area contributed by atoms with Crippen molar-refractivity contribution in [3.8, 4) is 0 Å². The van der Waals surface area contributed by atoms with Gasteiger partial charge in [-0.3, -0.25) is 4.79 Å². The Hall–Kier alpha value is -0.610. The Morgan fingerprint density at radius 2 is 1.71 bits per heavy atom. The lowest BCUT2D eigenvalue weighted by Crippen LogP contribution is -2.71. The van der Waals surface area contributed by atoms with Crippen LogP contribution in [0.3, 0.4) is 0 Å². The van der Waals surface area contributed by atoms with Crippen molar-refractivity contribution < 1.29 is 19.7 Å². The first kappa shape index (κ1) is 15.3. The lowest BCUT2D eigenvalue weighted by atomic mass is 9.35. The van der Waals surface area contributed by atoms with E-state index in [1.54, 1.807) is 0 Å². The molecule has 2 N–H and O–H groups in total. The van der Waals surface area contributed by atoms with E-state index >= 15 is 0 Å². The molecule has 0 heterocycles. The van der Waals surface area contributed by atoms with Crippen molar-refractivity contribution in [1.29, 1.82) is 0 Å². The monoisotopic (exact) mass is 296 g/mol. The van der Waals surface area contributed by atoms with Crippen molar-refractivity contribution >= 4 is 5.97 Å². The highest BCUT2D eigenvalue weighted by Gasteiger charge is 2.74. The number of ether oxygens (including phenoxy) is 1. The Morgan fingerprint density at radius 1 is 1.10 bits per heavy atom. The Kier molecular flexibility index (Phi) is 3.24. The van der Waals surface area contributed by atoms with Crippen LogP contribution >= 0.6 is 0 Å². The maximum Gasteiger partial charge on any atom is 0.302 e. The summed E-state index contributed by atoms with van der Waals surface area (Å²) in [6.07, 6.45) is 0.146. The average molecular weight is 296 g/mol. The van der Waals surface area contributed by atoms with Gasteiger partial charge >= 0.3 is 5.97 Å². The number of hydrogen-bond acceptors (Lipinski definition) is 4. The molecule has 21 heavy (non-hydrogen) atoms. The molecule has 4 aliphatic rings. The molecule has 4 nitrogen and oxygen atoms in total. The van der Waals surface area contributed by atoms with Crippen LogP contribution in [0.5, 0.6) is 0 Å². The number of rotatable bonds is 1. The number of carbonyl (C=O) groups excluding carboxylic acids is 1. The van der Waals surface area contributed by atoms with Gasteiger partial charge in [0.1, 0.15) is 6.10 Å². The lowest BCUT2D eigenvalue weighted by molar-refractivity contribution is -0.280. The zero-order valence-corrected chi connectivity index (χ0v) is 13.7. The predicted octanol–water partition coefficient (Wildman–Crippen LogP) is 1.98. The molecule has 4 heteroatoms. The molecule has 4 fully saturated rings. The van der Waals surface area contributed by atoms with Crippen LogP contribution in [0.15, 0.2) is 0 Å².